The summed E-state index contributed by atoms with van der Waals surface area (Å²) >= 11 is 5.91. The highest BCUT2D eigenvalue weighted by Crippen LogP contribution is 2.25. The summed E-state index contributed by atoms with van der Waals surface area (Å²) in [5, 5.41) is 3.77. The molecule has 26 heavy (non-hydrogen) atoms. The molecule has 138 valence electrons. The van der Waals surface area contributed by atoms with Crippen LogP contribution in [0, 0.1) is 0 Å². The standard InChI is InChI=1S/C22H27ClN2O/c1-25(20-8-3-2-4-9-20)16-18-7-5-6-10-21(18)24-22(26)15-17-11-13-19(23)14-12-17/h5-7,10-14,20H,2-4,8-9,15-16H2,1H3,(H,24,26). The van der Waals surface area contributed by atoms with E-state index in [2.05, 4.69) is 23.3 Å². The van der Waals surface area contributed by atoms with Crippen molar-refractivity contribution in [2.24, 2.45) is 0 Å². The summed E-state index contributed by atoms with van der Waals surface area (Å²) in [6, 6.07) is 16.2. The molecule has 1 aliphatic rings. The second kappa shape index (κ2) is 9.20. The van der Waals surface area contributed by atoms with Crippen LogP contribution in [0.25, 0.3) is 0 Å². The molecule has 4 heteroatoms. The van der Waals surface area contributed by atoms with Crippen LogP contribution in [0.1, 0.15) is 43.2 Å². The van der Waals surface area contributed by atoms with Crippen molar-refractivity contribution in [2.75, 3.05) is 12.4 Å². The third-order valence-corrected chi connectivity index (χ3v) is 5.44. The molecule has 0 spiro atoms. The highest BCUT2D eigenvalue weighted by molar-refractivity contribution is 6.30. The zero-order chi connectivity index (χ0) is 18.4. The molecule has 1 amide bonds. The van der Waals surface area contributed by atoms with Crippen LogP contribution in [-0.2, 0) is 17.8 Å². The summed E-state index contributed by atoms with van der Waals surface area (Å²) in [4.78, 5) is 14.9. The first kappa shape index (κ1) is 18.9. The maximum atomic E-state index is 12.4. The van der Waals surface area contributed by atoms with Gasteiger partial charge in [0.05, 0.1) is 6.42 Å². The number of amides is 1. The Morgan fingerprint density at radius 3 is 2.50 bits per heavy atom. The smallest absolute Gasteiger partial charge is 0.228 e. The SMILES string of the molecule is CN(Cc1ccccc1NC(=O)Cc1ccc(Cl)cc1)C1CCCCC1. The van der Waals surface area contributed by atoms with E-state index in [4.69, 9.17) is 11.6 Å². The summed E-state index contributed by atoms with van der Waals surface area (Å²) in [6.45, 7) is 0.863. The number of nitrogens with one attached hydrogen (secondary N) is 1. The van der Waals surface area contributed by atoms with Gasteiger partial charge in [0, 0.05) is 23.3 Å². The van der Waals surface area contributed by atoms with Crippen LogP contribution >= 0.6 is 11.6 Å². The van der Waals surface area contributed by atoms with Crippen LogP contribution < -0.4 is 5.32 Å². The summed E-state index contributed by atoms with van der Waals surface area (Å²) in [5.41, 5.74) is 3.04. The van der Waals surface area contributed by atoms with Crippen LogP contribution in [0.5, 0.6) is 0 Å². The molecule has 1 aliphatic carbocycles. The maximum Gasteiger partial charge on any atom is 0.228 e. The topological polar surface area (TPSA) is 32.3 Å². The predicted octanol–water partition coefficient (Wildman–Crippen LogP) is 5.29. The van der Waals surface area contributed by atoms with Gasteiger partial charge in [-0.05, 0) is 49.2 Å². The average Bonchev–Trinajstić information content (AvgIpc) is 2.66. The Morgan fingerprint density at radius 1 is 1.08 bits per heavy atom. The Bertz CT molecular complexity index is 723. The Labute approximate surface area is 161 Å². The molecule has 1 N–H and O–H groups in total. The van der Waals surface area contributed by atoms with Gasteiger partial charge in [0.25, 0.3) is 0 Å². The van der Waals surface area contributed by atoms with Gasteiger partial charge in [0.1, 0.15) is 0 Å². The second-order valence-electron chi connectivity index (χ2n) is 7.22. The Morgan fingerprint density at radius 2 is 1.77 bits per heavy atom. The molecule has 1 saturated carbocycles. The quantitative estimate of drug-likeness (QED) is 0.749. The first-order valence-electron chi connectivity index (χ1n) is 9.44. The number of carbonyl (C=O) groups excluding carboxylic acids is 1. The van der Waals surface area contributed by atoms with Gasteiger partial charge in [-0.1, -0.05) is 61.2 Å². The van der Waals surface area contributed by atoms with Gasteiger partial charge in [0.15, 0.2) is 0 Å². The number of para-hydroxylation sites is 1. The number of anilines is 1. The number of rotatable bonds is 6. The molecular formula is C22H27ClN2O. The van der Waals surface area contributed by atoms with Gasteiger partial charge in [-0.2, -0.15) is 0 Å². The average molecular weight is 371 g/mol. The summed E-state index contributed by atoms with van der Waals surface area (Å²) in [7, 11) is 2.20. The Balaban J connectivity index is 1.62. The minimum absolute atomic E-state index is 0.0000851. The molecule has 0 aliphatic heterocycles. The van der Waals surface area contributed by atoms with Crippen LogP contribution in [0.15, 0.2) is 48.5 Å². The Kier molecular flexibility index (Phi) is 6.70. The third kappa shape index (κ3) is 5.33. The van der Waals surface area contributed by atoms with Gasteiger partial charge in [0.2, 0.25) is 5.91 Å². The van der Waals surface area contributed by atoms with Crippen molar-refractivity contribution in [1.82, 2.24) is 4.90 Å². The zero-order valence-corrected chi connectivity index (χ0v) is 16.1. The van der Waals surface area contributed by atoms with Crippen LogP contribution in [0.2, 0.25) is 5.02 Å². The monoisotopic (exact) mass is 370 g/mol. The van der Waals surface area contributed by atoms with E-state index in [0.717, 1.165) is 17.8 Å². The lowest BCUT2D eigenvalue weighted by Gasteiger charge is -2.31. The molecular weight excluding hydrogens is 344 g/mol. The molecule has 0 heterocycles. The molecule has 0 saturated heterocycles. The largest absolute Gasteiger partial charge is 0.325 e. The molecule has 0 aromatic heterocycles. The second-order valence-corrected chi connectivity index (χ2v) is 7.65. The highest BCUT2D eigenvalue weighted by atomic mass is 35.5. The van der Waals surface area contributed by atoms with Gasteiger partial charge in [-0.3, -0.25) is 9.69 Å². The van der Waals surface area contributed by atoms with E-state index in [0.29, 0.717) is 17.5 Å². The lowest BCUT2D eigenvalue weighted by Crippen LogP contribution is -2.33. The van der Waals surface area contributed by atoms with Crippen molar-refractivity contribution in [3.8, 4) is 0 Å². The molecule has 0 atom stereocenters. The number of nitrogens with zero attached hydrogens (tertiary/aromatic N) is 1. The Hall–Kier alpha value is -1.84. The van der Waals surface area contributed by atoms with Crippen molar-refractivity contribution >= 4 is 23.2 Å². The normalized spacial score (nSPS) is 15.2. The molecule has 3 rings (SSSR count). The fourth-order valence-corrected chi connectivity index (χ4v) is 3.81. The fraction of sp³-hybridized carbons (Fsp3) is 0.409. The van der Waals surface area contributed by atoms with Crippen LogP contribution in [0.4, 0.5) is 5.69 Å². The number of carbonyl (C=O) groups is 1. The first-order valence-corrected chi connectivity index (χ1v) is 9.82. The number of halogens is 1. The number of hydrogen-bond acceptors (Lipinski definition) is 2. The van der Waals surface area contributed by atoms with E-state index in [1.54, 1.807) is 0 Å². The lowest BCUT2D eigenvalue weighted by atomic mass is 9.94. The fourth-order valence-electron chi connectivity index (χ4n) is 3.68. The van der Waals surface area contributed by atoms with Crippen LogP contribution in [0.3, 0.4) is 0 Å². The van der Waals surface area contributed by atoms with Crippen molar-refractivity contribution in [2.45, 2.75) is 51.1 Å². The van der Waals surface area contributed by atoms with Gasteiger partial charge in [-0.25, -0.2) is 0 Å². The van der Waals surface area contributed by atoms with E-state index in [-0.39, 0.29) is 5.91 Å². The number of hydrogen-bond donors (Lipinski definition) is 1. The van der Waals surface area contributed by atoms with Crippen molar-refractivity contribution < 1.29 is 4.79 Å². The van der Waals surface area contributed by atoms with Crippen LogP contribution in [-0.4, -0.2) is 23.9 Å². The molecule has 0 unspecified atom stereocenters. The van der Waals surface area contributed by atoms with Crippen molar-refractivity contribution in [3.63, 3.8) is 0 Å². The van der Waals surface area contributed by atoms with E-state index in [9.17, 15) is 4.79 Å². The molecule has 0 radical (unpaired) electrons. The summed E-state index contributed by atoms with van der Waals surface area (Å²) in [6.07, 6.45) is 6.93. The van der Waals surface area contributed by atoms with Gasteiger partial charge < -0.3 is 5.32 Å². The van der Waals surface area contributed by atoms with E-state index in [1.807, 2.05) is 42.5 Å². The summed E-state index contributed by atoms with van der Waals surface area (Å²) < 4.78 is 0. The lowest BCUT2D eigenvalue weighted by molar-refractivity contribution is -0.115. The third-order valence-electron chi connectivity index (χ3n) is 5.19. The minimum atomic E-state index is 0.0000851. The molecule has 2 aromatic rings. The van der Waals surface area contributed by atoms with E-state index >= 15 is 0 Å². The predicted molar refractivity (Wildman–Crippen MR) is 109 cm³/mol. The zero-order valence-electron chi connectivity index (χ0n) is 15.4. The highest BCUT2D eigenvalue weighted by Gasteiger charge is 2.19. The molecule has 2 aromatic carbocycles. The molecule has 0 bridgehead atoms. The number of benzene rings is 2. The molecule has 1 fully saturated rings. The van der Waals surface area contributed by atoms with E-state index in [1.165, 1.54) is 37.7 Å². The van der Waals surface area contributed by atoms with E-state index < -0.39 is 0 Å². The molecule has 3 nitrogen and oxygen atoms in total. The van der Waals surface area contributed by atoms with Crippen molar-refractivity contribution in [1.29, 1.82) is 0 Å². The maximum absolute atomic E-state index is 12.4. The minimum Gasteiger partial charge on any atom is -0.325 e. The van der Waals surface area contributed by atoms with Crippen molar-refractivity contribution in [3.05, 3.63) is 64.7 Å². The van der Waals surface area contributed by atoms with Gasteiger partial charge in [-0.15, -0.1) is 0 Å². The van der Waals surface area contributed by atoms with Gasteiger partial charge >= 0.3 is 0 Å². The first-order chi connectivity index (χ1) is 12.6. The summed E-state index contributed by atoms with van der Waals surface area (Å²) in [5.74, 6) is 0.0000851.